The molecule has 0 heterocycles. The molecular formula is C22H45O6P. The van der Waals surface area contributed by atoms with E-state index in [0.29, 0.717) is 12.8 Å². The minimum Gasteiger partial charge on any atom is -0.459 e. The summed E-state index contributed by atoms with van der Waals surface area (Å²) < 4.78 is 22.9. The van der Waals surface area contributed by atoms with Crippen LogP contribution in [0.1, 0.15) is 102 Å². The first kappa shape index (κ1) is 28.6. The van der Waals surface area contributed by atoms with Crippen LogP contribution in [0.2, 0.25) is 0 Å². The largest absolute Gasteiger partial charge is 0.459 e. The first-order valence-corrected chi connectivity index (χ1v) is 12.2. The minimum atomic E-state index is -4.39. The highest BCUT2D eigenvalue weighted by Gasteiger charge is 2.51. The molecule has 0 rings (SSSR count). The average molecular weight is 437 g/mol. The molecule has 0 radical (unpaired) electrons. The van der Waals surface area contributed by atoms with Crippen LogP contribution in [-0.2, 0) is 18.8 Å². The Hall–Kier alpha value is -0.420. The maximum absolute atomic E-state index is 13.4. The van der Waals surface area contributed by atoms with Crippen LogP contribution in [0, 0.1) is 16.2 Å². The number of rotatable bonds is 12. The predicted octanol–water partition coefficient (Wildman–Crippen LogP) is 5.90. The molecule has 0 aliphatic rings. The summed E-state index contributed by atoms with van der Waals surface area (Å²) in [6.07, 6.45) is 2.86. The van der Waals surface area contributed by atoms with E-state index in [1.807, 2.05) is 20.8 Å². The van der Waals surface area contributed by atoms with Gasteiger partial charge in [0.15, 0.2) is 5.34 Å². The van der Waals surface area contributed by atoms with E-state index in [1.54, 1.807) is 0 Å². The van der Waals surface area contributed by atoms with Crippen molar-refractivity contribution in [3.05, 3.63) is 0 Å². The third kappa shape index (κ3) is 7.65. The maximum atomic E-state index is 13.4. The number of hydrogen-bond acceptors (Lipinski definition) is 4. The first-order valence-electron chi connectivity index (χ1n) is 10.6. The van der Waals surface area contributed by atoms with E-state index in [4.69, 9.17) is 9.47 Å². The highest BCUT2D eigenvalue weighted by atomic mass is 31.2. The number of carbonyl (C=O) groups is 1. The second-order valence-corrected chi connectivity index (χ2v) is 13.2. The zero-order chi connectivity index (χ0) is 23.5. The lowest BCUT2D eigenvalue weighted by atomic mass is 9.58. The van der Waals surface area contributed by atoms with Crippen molar-refractivity contribution in [2.45, 2.75) is 113 Å². The van der Waals surface area contributed by atoms with Gasteiger partial charge in [0.05, 0.1) is 12.0 Å². The predicted molar refractivity (Wildman–Crippen MR) is 118 cm³/mol. The van der Waals surface area contributed by atoms with Crippen LogP contribution in [-0.4, -0.2) is 33.3 Å². The van der Waals surface area contributed by atoms with E-state index in [-0.39, 0.29) is 23.4 Å². The number of carbonyl (C=O) groups excluding carboxylic acids is 1. The van der Waals surface area contributed by atoms with E-state index in [0.717, 1.165) is 12.8 Å². The van der Waals surface area contributed by atoms with Gasteiger partial charge in [-0.1, -0.05) is 48.0 Å². The van der Waals surface area contributed by atoms with E-state index in [9.17, 15) is 19.1 Å². The van der Waals surface area contributed by atoms with Crippen LogP contribution < -0.4 is 0 Å². The van der Waals surface area contributed by atoms with Crippen LogP contribution in [0.15, 0.2) is 0 Å². The zero-order valence-corrected chi connectivity index (χ0v) is 21.4. The van der Waals surface area contributed by atoms with Gasteiger partial charge in [0, 0.05) is 6.42 Å². The van der Waals surface area contributed by atoms with Crippen LogP contribution in [0.4, 0.5) is 0 Å². The molecular weight excluding hydrogens is 391 g/mol. The summed E-state index contributed by atoms with van der Waals surface area (Å²) in [5.41, 5.74) is -1.72. The van der Waals surface area contributed by atoms with Crippen molar-refractivity contribution in [1.82, 2.24) is 0 Å². The molecule has 0 saturated heterocycles. The summed E-state index contributed by atoms with van der Waals surface area (Å²) in [6.45, 7) is 21.2. The van der Waals surface area contributed by atoms with E-state index in [1.165, 1.54) is 13.8 Å². The van der Waals surface area contributed by atoms with Gasteiger partial charge in [0.2, 0.25) is 0 Å². The molecule has 0 aromatic heterocycles. The third-order valence-electron chi connectivity index (χ3n) is 6.85. The van der Waals surface area contributed by atoms with Crippen molar-refractivity contribution in [2.24, 2.45) is 16.2 Å². The standard InChI is InChI=1S/C22H45O6P/c1-12-18(3,4)16-22(11,19(5,6)13-2)17(23)28-20(7,8)14-15-27-21(9,10)29(24,25)26/h12-16H2,1-11H3,(H2,24,25,26). The van der Waals surface area contributed by atoms with Gasteiger partial charge in [-0.25, -0.2) is 0 Å². The maximum Gasteiger partial charge on any atom is 0.356 e. The number of hydrogen-bond donors (Lipinski definition) is 2. The summed E-state index contributed by atoms with van der Waals surface area (Å²) in [5.74, 6) is -0.231. The van der Waals surface area contributed by atoms with E-state index < -0.39 is 24.0 Å². The molecule has 1 atom stereocenters. The quantitative estimate of drug-likeness (QED) is 0.292. The molecule has 0 amide bonds. The average Bonchev–Trinajstić information content (AvgIpc) is 2.52. The fourth-order valence-electron chi connectivity index (χ4n) is 3.11. The molecule has 0 fully saturated rings. The Labute approximate surface area is 178 Å². The van der Waals surface area contributed by atoms with Crippen LogP contribution in [0.3, 0.4) is 0 Å². The third-order valence-corrected chi connectivity index (χ3v) is 8.38. The lowest BCUT2D eigenvalue weighted by Crippen LogP contribution is -2.48. The Bertz CT molecular complexity index is 602. The highest BCUT2D eigenvalue weighted by molar-refractivity contribution is 7.53. The van der Waals surface area contributed by atoms with E-state index in [2.05, 4.69) is 41.5 Å². The van der Waals surface area contributed by atoms with Gasteiger partial charge in [-0.05, 0) is 58.3 Å². The second-order valence-electron chi connectivity index (χ2n) is 11.0. The molecule has 0 saturated carbocycles. The lowest BCUT2D eigenvalue weighted by molar-refractivity contribution is -0.181. The van der Waals surface area contributed by atoms with Crippen molar-refractivity contribution in [3.63, 3.8) is 0 Å². The van der Waals surface area contributed by atoms with Gasteiger partial charge in [0.1, 0.15) is 5.60 Å². The Morgan fingerprint density at radius 3 is 1.76 bits per heavy atom. The molecule has 7 heteroatoms. The Morgan fingerprint density at radius 2 is 1.38 bits per heavy atom. The van der Waals surface area contributed by atoms with Gasteiger partial charge in [-0.3, -0.25) is 9.36 Å². The number of esters is 1. The molecule has 0 aromatic carbocycles. The molecule has 1 unspecified atom stereocenters. The molecule has 0 aliphatic carbocycles. The van der Waals surface area contributed by atoms with Gasteiger partial charge >= 0.3 is 13.6 Å². The van der Waals surface area contributed by atoms with Crippen molar-refractivity contribution in [1.29, 1.82) is 0 Å². The topological polar surface area (TPSA) is 93.1 Å². The van der Waals surface area contributed by atoms with Gasteiger partial charge < -0.3 is 19.3 Å². The molecule has 0 aromatic rings. The summed E-state index contributed by atoms with van der Waals surface area (Å²) >= 11 is 0. The van der Waals surface area contributed by atoms with Crippen LogP contribution >= 0.6 is 7.60 Å². The fourth-order valence-corrected chi connectivity index (χ4v) is 3.36. The Kier molecular flexibility index (Phi) is 9.24. The van der Waals surface area contributed by atoms with Crippen molar-refractivity contribution in [2.75, 3.05) is 6.61 Å². The summed E-state index contributed by atoms with van der Waals surface area (Å²) in [7, 11) is -4.39. The van der Waals surface area contributed by atoms with Gasteiger partial charge in [0.25, 0.3) is 0 Å². The van der Waals surface area contributed by atoms with Crippen molar-refractivity contribution in [3.8, 4) is 0 Å². The summed E-state index contributed by atoms with van der Waals surface area (Å²) in [6, 6.07) is 0. The number of ether oxygens (including phenoxy) is 2. The molecule has 2 N–H and O–H groups in total. The van der Waals surface area contributed by atoms with Crippen molar-refractivity contribution < 1.29 is 28.6 Å². The highest BCUT2D eigenvalue weighted by Crippen LogP contribution is 2.52. The van der Waals surface area contributed by atoms with Crippen LogP contribution in [0.5, 0.6) is 0 Å². The monoisotopic (exact) mass is 436 g/mol. The second kappa shape index (κ2) is 9.38. The van der Waals surface area contributed by atoms with Crippen LogP contribution in [0.25, 0.3) is 0 Å². The SMILES string of the molecule is CCC(C)(C)CC(C)(C(=O)OC(C)(C)CCOC(C)(C)P(=O)(O)O)C(C)(C)CC. The smallest absolute Gasteiger partial charge is 0.356 e. The molecule has 0 aliphatic heterocycles. The molecule has 174 valence electrons. The lowest BCUT2D eigenvalue weighted by Gasteiger charge is -2.47. The normalized spacial score (nSPS) is 16.4. The Balaban J connectivity index is 5.41. The molecule has 0 spiro atoms. The van der Waals surface area contributed by atoms with Gasteiger partial charge in [-0.2, -0.15) is 0 Å². The molecule has 0 bridgehead atoms. The summed E-state index contributed by atoms with van der Waals surface area (Å²) in [5, 5.41) is -1.57. The molecule has 29 heavy (non-hydrogen) atoms. The first-order chi connectivity index (χ1) is 12.7. The van der Waals surface area contributed by atoms with E-state index >= 15 is 0 Å². The van der Waals surface area contributed by atoms with Crippen molar-refractivity contribution >= 4 is 13.6 Å². The minimum absolute atomic E-state index is 0.000892. The fraction of sp³-hybridized carbons (Fsp3) is 0.955. The summed E-state index contributed by atoms with van der Waals surface area (Å²) in [4.78, 5) is 32.2. The molecule has 6 nitrogen and oxygen atoms in total. The Morgan fingerprint density at radius 1 is 0.897 bits per heavy atom. The zero-order valence-electron chi connectivity index (χ0n) is 20.5. The van der Waals surface area contributed by atoms with Gasteiger partial charge in [-0.15, -0.1) is 0 Å².